The van der Waals surface area contributed by atoms with E-state index in [1.165, 1.54) is 0 Å². The van der Waals surface area contributed by atoms with Gasteiger partial charge in [0, 0.05) is 17.7 Å². The average molecular weight is 241 g/mol. The average Bonchev–Trinajstić information content (AvgIpc) is 2.22. The highest BCUT2D eigenvalue weighted by atomic mass is 19.1. The van der Waals surface area contributed by atoms with Crippen molar-refractivity contribution in [1.82, 2.24) is 5.32 Å². The number of benzene rings is 1. The standard InChI is InChI=1S/C14H21F2N/c1-5-17-14(6-9(2)3)11-7-10(4)12(15)8-13(11)16/h7-9,14,17H,5-6H2,1-4H3. The van der Waals surface area contributed by atoms with Gasteiger partial charge in [-0.25, -0.2) is 8.78 Å². The Morgan fingerprint density at radius 1 is 1.18 bits per heavy atom. The molecular formula is C14H21F2N. The molecule has 1 rings (SSSR count). The molecule has 0 saturated carbocycles. The fraction of sp³-hybridized carbons (Fsp3) is 0.571. The van der Waals surface area contributed by atoms with Crippen LogP contribution in [0, 0.1) is 24.5 Å². The number of aryl methyl sites for hydroxylation is 1. The fourth-order valence-electron chi connectivity index (χ4n) is 1.98. The van der Waals surface area contributed by atoms with Gasteiger partial charge in [-0.05, 0) is 37.4 Å². The van der Waals surface area contributed by atoms with Crippen LogP contribution in [0.4, 0.5) is 8.78 Å². The summed E-state index contributed by atoms with van der Waals surface area (Å²) in [7, 11) is 0. The number of nitrogens with one attached hydrogen (secondary N) is 1. The summed E-state index contributed by atoms with van der Waals surface area (Å²) in [6.45, 7) is 8.61. The monoisotopic (exact) mass is 241 g/mol. The minimum Gasteiger partial charge on any atom is -0.310 e. The van der Waals surface area contributed by atoms with Crippen LogP contribution in [0.15, 0.2) is 12.1 Å². The molecule has 0 aliphatic heterocycles. The largest absolute Gasteiger partial charge is 0.310 e. The predicted octanol–water partition coefficient (Wildman–Crippen LogP) is 3.97. The number of hydrogen-bond acceptors (Lipinski definition) is 1. The Labute approximate surface area is 102 Å². The zero-order valence-electron chi connectivity index (χ0n) is 11.0. The molecule has 0 amide bonds. The zero-order chi connectivity index (χ0) is 13.0. The first kappa shape index (κ1) is 14.1. The van der Waals surface area contributed by atoms with Gasteiger partial charge in [-0.15, -0.1) is 0 Å². The van der Waals surface area contributed by atoms with Crippen molar-refractivity contribution in [2.45, 2.75) is 40.2 Å². The minimum atomic E-state index is -0.481. The third kappa shape index (κ3) is 3.77. The Bertz CT molecular complexity index is 375. The quantitative estimate of drug-likeness (QED) is 0.822. The molecule has 1 atom stereocenters. The Morgan fingerprint density at radius 3 is 2.35 bits per heavy atom. The van der Waals surface area contributed by atoms with E-state index in [2.05, 4.69) is 19.2 Å². The maximum Gasteiger partial charge on any atom is 0.130 e. The Hall–Kier alpha value is -0.960. The van der Waals surface area contributed by atoms with Crippen LogP contribution in [0.3, 0.4) is 0 Å². The maximum absolute atomic E-state index is 13.8. The molecule has 0 heterocycles. The third-order valence-corrected chi connectivity index (χ3v) is 2.81. The van der Waals surface area contributed by atoms with E-state index in [9.17, 15) is 8.78 Å². The van der Waals surface area contributed by atoms with Gasteiger partial charge >= 0.3 is 0 Å². The summed E-state index contributed by atoms with van der Waals surface area (Å²) in [5.74, 6) is -0.477. The lowest BCUT2D eigenvalue weighted by molar-refractivity contribution is 0.421. The highest BCUT2D eigenvalue weighted by molar-refractivity contribution is 5.28. The number of halogens is 2. The van der Waals surface area contributed by atoms with E-state index in [1.807, 2.05) is 6.92 Å². The molecule has 3 heteroatoms. The summed E-state index contributed by atoms with van der Waals surface area (Å²) in [6, 6.07) is 2.55. The highest BCUT2D eigenvalue weighted by Gasteiger charge is 2.17. The van der Waals surface area contributed by atoms with Gasteiger partial charge in [0.1, 0.15) is 11.6 Å². The topological polar surface area (TPSA) is 12.0 Å². The summed E-state index contributed by atoms with van der Waals surface area (Å²) < 4.78 is 27.0. The first-order chi connectivity index (χ1) is 7.95. The van der Waals surface area contributed by atoms with Crippen LogP contribution >= 0.6 is 0 Å². The van der Waals surface area contributed by atoms with Crippen molar-refractivity contribution in [3.63, 3.8) is 0 Å². The molecule has 0 aromatic heterocycles. The molecule has 0 aliphatic rings. The van der Waals surface area contributed by atoms with Gasteiger partial charge in [-0.2, -0.15) is 0 Å². The molecular weight excluding hydrogens is 220 g/mol. The zero-order valence-corrected chi connectivity index (χ0v) is 11.0. The van der Waals surface area contributed by atoms with Gasteiger partial charge < -0.3 is 5.32 Å². The van der Waals surface area contributed by atoms with Gasteiger partial charge in [0.25, 0.3) is 0 Å². The third-order valence-electron chi connectivity index (χ3n) is 2.81. The molecule has 0 aliphatic carbocycles. The molecule has 0 bridgehead atoms. The lowest BCUT2D eigenvalue weighted by atomic mass is 9.95. The molecule has 96 valence electrons. The molecule has 1 unspecified atom stereocenters. The van der Waals surface area contributed by atoms with E-state index in [0.717, 1.165) is 19.0 Å². The Morgan fingerprint density at radius 2 is 1.82 bits per heavy atom. The summed E-state index contributed by atoms with van der Waals surface area (Å²) in [4.78, 5) is 0. The van der Waals surface area contributed by atoms with Gasteiger partial charge in [0.2, 0.25) is 0 Å². The van der Waals surface area contributed by atoms with Crippen molar-refractivity contribution in [2.24, 2.45) is 5.92 Å². The van der Waals surface area contributed by atoms with Crippen LogP contribution in [0.2, 0.25) is 0 Å². The highest BCUT2D eigenvalue weighted by Crippen LogP contribution is 2.25. The van der Waals surface area contributed by atoms with Crippen molar-refractivity contribution >= 4 is 0 Å². The molecule has 17 heavy (non-hydrogen) atoms. The summed E-state index contributed by atoms with van der Waals surface area (Å²) >= 11 is 0. The predicted molar refractivity (Wildman–Crippen MR) is 67.0 cm³/mol. The second-order valence-electron chi connectivity index (χ2n) is 4.86. The molecule has 1 aromatic rings. The van der Waals surface area contributed by atoms with Gasteiger partial charge in [-0.1, -0.05) is 20.8 Å². The van der Waals surface area contributed by atoms with E-state index in [1.54, 1.807) is 13.0 Å². The first-order valence-electron chi connectivity index (χ1n) is 6.14. The van der Waals surface area contributed by atoms with Crippen LogP contribution in [-0.2, 0) is 0 Å². The second kappa shape index (κ2) is 6.10. The van der Waals surface area contributed by atoms with Crippen LogP contribution in [0.1, 0.15) is 44.4 Å². The van der Waals surface area contributed by atoms with E-state index in [0.29, 0.717) is 17.0 Å². The molecule has 0 fully saturated rings. The Balaban J connectivity index is 3.04. The van der Waals surface area contributed by atoms with E-state index < -0.39 is 11.6 Å². The van der Waals surface area contributed by atoms with Crippen molar-refractivity contribution in [1.29, 1.82) is 0 Å². The first-order valence-corrected chi connectivity index (χ1v) is 6.14. The molecule has 0 saturated heterocycles. The van der Waals surface area contributed by atoms with Crippen molar-refractivity contribution in [3.05, 3.63) is 34.9 Å². The van der Waals surface area contributed by atoms with Crippen LogP contribution in [0.25, 0.3) is 0 Å². The van der Waals surface area contributed by atoms with Crippen molar-refractivity contribution in [2.75, 3.05) is 6.54 Å². The lowest BCUT2D eigenvalue weighted by Gasteiger charge is -2.21. The van der Waals surface area contributed by atoms with E-state index >= 15 is 0 Å². The van der Waals surface area contributed by atoms with Crippen LogP contribution < -0.4 is 5.32 Å². The van der Waals surface area contributed by atoms with Gasteiger partial charge in [0.05, 0.1) is 0 Å². The molecule has 0 spiro atoms. The normalized spacial score (nSPS) is 13.1. The summed E-state index contributed by atoms with van der Waals surface area (Å²) in [5, 5.41) is 3.26. The second-order valence-corrected chi connectivity index (χ2v) is 4.86. The Kier molecular flexibility index (Phi) is 5.06. The maximum atomic E-state index is 13.8. The SMILES string of the molecule is CCNC(CC(C)C)c1cc(C)c(F)cc1F. The molecule has 1 N–H and O–H groups in total. The molecule has 0 radical (unpaired) electrons. The summed E-state index contributed by atoms with van der Waals surface area (Å²) in [5.41, 5.74) is 1.06. The molecule has 1 nitrogen and oxygen atoms in total. The lowest BCUT2D eigenvalue weighted by Crippen LogP contribution is -2.23. The summed E-state index contributed by atoms with van der Waals surface area (Å²) in [6.07, 6.45) is 0.843. The smallest absolute Gasteiger partial charge is 0.130 e. The van der Waals surface area contributed by atoms with Crippen molar-refractivity contribution < 1.29 is 8.78 Å². The fourth-order valence-corrected chi connectivity index (χ4v) is 1.98. The van der Waals surface area contributed by atoms with Crippen molar-refractivity contribution in [3.8, 4) is 0 Å². The van der Waals surface area contributed by atoms with E-state index in [-0.39, 0.29) is 6.04 Å². The van der Waals surface area contributed by atoms with Gasteiger partial charge in [0.15, 0.2) is 0 Å². The van der Waals surface area contributed by atoms with Gasteiger partial charge in [-0.3, -0.25) is 0 Å². The molecule has 1 aromatic carbocycles. The van der Waals surface area contributed by atoms with E-state index in [4.69, 9.17) is 0 Å². The van der Waals surface area contributed by atoms with Crippen LogP contribution in [-0.4, -0.2) is 6.54 Å². The van der Waals surface area contributed by atoms with Crippen LogP contribution in [0.5, 0.6) is 0 Å². The minimum absolute atomic E-state index is 0.0423. The number of hydrogen-bond donors (Lipinski definition) is 1. The number of rotatable bonds is 5.